The maximum atomic E-state index is 3.93. The first-order chi connectivity index (χ1) is 10.9. The van der Waals surface area contributed by atoms with Crippen molar-refractivity contribution in [1.29, 1.82) is 0 Å². The van der Waals surface area contributed by atoms with Crippen molar-refractivity contribution in [3.63, 3.8) is 0 Å². The maximum Gasteiger partial charge on any atom is -0.0288 e. The van der Waals surface area contributed by atoms with Crippen LogP contribution in [0.15, 0.2) is 47.1 Å². The zero-order chi connectivity index (χ0) is 17.5. The predicted molar refractivity (Wildman–Crippen MR) is 108 cm³/mol. The van der Waals surface area contributed by atoms with Crippen LogP contribution in [0, 0.1) is 0 Å². The Morgan fingerprint density at radius 1 is 0.652 bits per heavy atom. The molecule has 0 amide bonds. The second-order valence-electron chi connectivity index (χ2n) is 7.37. The minimum absolute atomic E-state index is 1.12. The molecule has 0 unspecified atom stereocenters. The van der Waals surface area contributed by atoms with Crippen molar-refractivity contribution in [3.8, 4) is 0 Å². The van der Waals surface area contributed by atoms with Crippen LogP contribution in [-0.2, 0) is 0 Å². The normalized spacial score (nSPS) is 14.5. The molecule has 0 heterocycles. The quantitative estimate of drug-likeness (QED) is 0.375. The second-order valence-corrected chi connectivity index (χ2v) is 7.37. The molecule has 1 aliphatic carbocycles. The van der Waals surface area contributed by atoms with Gasteiger partial charge < -0.3 is 0 Å². The molecular weight excluding hydrogens is 276 g/mol. The zero-order valence-corrected chi connectivity index (χ0v) is 16.5. The van der Waals surface area contributed by atoms with Gasteiger partial charge in [0.25, 0.3) is 0 Å². The number of rotatable bonds is 9. The fourth-order valence-electron chi connectivity index (χ4n) is 2.15. The third-order valence-corrected chi connectivity index (χ3v) is 4.19. The minimum atomic E-state index is 1.12. The number of hydrogen-bond donors (Lipinski definition) is 0. The van der Waals surface area contributed by atoms with E-state index in [0.29, 0.717) is 0 Å². The van der Waals surface area contributed by atoms with Crippen molar-refractivity contribution in [3.05, 3.63) is 47.1 Å². The summed E-state index contributed by atoms with van der Waals surface area (Å²) >= 11 is 0. The van der Waals surface area contributed by atoms with E-state index in [-0.39, 0.29) is 0 Å². The van der Waals surface area contributed by atoms with Gasteiger partial charge >= 0.3 is 0 Å². The molecule has 1 saturated carbocycles. The average molecular weight is 317 g/mol. The Bertz CT molecular complexity index is 392. The molecule has 0 atom stereocenters. The van der Waals surface area contributed by atoms with Crippen molar-refractivity contribution in [1.82, 2.24) is 0 Å². The summed E-state index contributed by atoms with van der Waals surface area (Å²) in [6, 6.07) is 0. The molecule has 132 valence electrons. The summed E-state index contributed by atoms with van der Waals surface area (Å²) in [7, 11) is 0. The van der Waals surface area contributed by atoms with Gasteiger partial charge in [-0.3, -0.25) is 0 Å². The lowest BCUT2D eigenvalue weighted by atomic mass is 10.0. The first kappa shape index (κ1) is 22.0. The highest BCUT2D eigenvalue weighted by atomic mass is 14.0. The fourth-order valence-corrected chi connectivity index (χ4v) is 2.15. The van der Waals surface area contributed by atoms with E-state index in [4.69, 9.17) is 0 Å². The van der Waals surface area contributed by atoms with E-state index >= 15 is 0 Å². The standard InChI is InChI=1S/C19H32.C4H8/c1-16(2)10-7-12-18(5)14-9-15-19(6)13-8-11-17(3)4;1-2-4-3-1/h11-12,15H,1,7-10,13-14H2,2-6H3;1-4H2/b18-12+,19-15+;. The van der Waals surface area contributed by atoms with Crippen LogP contribution in [0.1, 0.15) is 98.8 Å². The van der Waals surface area contributed by atoms with Crippen molar-refractivity contribution in [2.24, 2.45) is 0 Å². The lowest BCUT2D eigenvalue weighted by molar-refractivity contribution is 0.504. The van der Waals surface area contributed by atoms with Gasteiger partial charge in [-0.05, 0) is 73.1 Å². The largest absolute Gasteiger partial charge is 0.100 e. The molecule has 0 N–H and O–H groups in total. The highest BCUT2D eigenvalue weighted by Crippen LogP contribution is 2.15. The summed E-state index contributed by atoms with van der Waals surface area (Å²) in [6.45, 7) is 14.9. The van der Waals surface area contributed by atoms with E-state index in [2.05, 4.69) is 59.4 Å². The molecule has 0 aliphatic heterocycles. The predicted octanol–water partition coefficient (Wildman–Crippen LogP) is 8.32. The molecule has 0 nitrogen and oxygen atoms in total. The van der Waals surface area contributed by atoms with Crippen LogP contribution in [0.25, 0.3) is 0 Å². The van der Waals surface area contributed by atoms with Gasteiger partial charge in [-0.15, -0.1) is 6.58 Å². The van der Waals surface area contributed by atoms with E-state index in [9.17, 15) is 0 Å². The fraction of sp³-hybridized carbons (Fsp3) is 0.652. The molecule has 1 rings (SSSR count). The summed E-state index contributed by atoms with van der Waals surface area (Å²) in [4.78, 5) is 0. The molecule has 0 heteroatoms. The highest BCUT2D eigenvalue weighted by Gasteiger charge is 1.95. The Kier molecular flexibility index (Phi) is 13.9. The van der Waals surface area contributed by atoms with Gasteiger partial charge in [-0.2, -0.15) is 0 Å². The monoisotopic (exact) mass is 316 g/mol. The maximum absolute atomic E-state index is 3.93. The summed E-state index contributed by atoms with van der Waals surface area (Å²) in [5.74, 6) is 0. The highest BCUT2D eigenvalue weighted by molar-refractivity contribution is 5.06. The lowest BCUT2D eigenvalue weighted by Crippen LogP contribution is -1.85. The Morgan fingerprint density at radius 2 is 1.04 bits per heavy atom. The number of hydrogen-bond acceptors (Lipinski definition) is 0. The molecule has 0 aromatic heterocycles. The van der Waals surface area contributed by atoms with Gasteiger partial charge in [0.2, 0.25) is 0 Å². The first-order valence-electron chi connectivity index (χ1n) is 9.50. The summed E-state index contributed by atoms with van der Waals surface area (Å²) in [5.41, 5.74) is 5.73. The van der Waals surface area contributed by atoms with Crippen LogP contribution in [0.2, 0.25) is 0 Å². The van der Waals surface area contributed by atoms with Crippen molar-refractivity contribution in [2.75, 3.05) is 0 Å². The molecule has 23 heavy (non-hydrogen) atoms. The molecular formula is C23H40. The zero-order valence-electron chi connectivity index (χ0n) is 16.5. The van der Waals surface area contributed by atoms with Crippen LogP contribution in [0.5, 0.6) is 0 Å². The molecule has 0 bridgehead atoms. The van der Waals surface area contributed by atoms with Gasteiger partial charge in [0.05, 0.1) is 0 Å². The molecule has 1 fully saturated rings. The van der Waals surface area contributed by atoms with Crippen molar-refractivity contribution >= 4 is 0 Å². The minimum Gasteiger partial charge on any atom is -0.100 e. The Labute approximate surface area is 146 Å². The van der Waals surface area contributed by atoms with Gasteiger partial charge in [0, 0.05) is 0 Å². The smallest absolute Gasteiger partial charge is 0.0288 e. The van der Waals surface area contributed by atoms with Crippen LogP contribution >= 0.6 is 0 Å². The third kappa shape index (κ3) is 17.2. The van der Waals surface area contributed by atoms with E-state index in [0.717, 1.165) is 12.8 Å². The van der Waals surface area contributed by atoms with Crippen LogP contribution < -0.4 is 0 Å². The van der Waals surface area contributed by atoms with E-state index in [1.54, 1.807) is 0 Å². The molecule has 0 saturated heterocycles. The Morgan fingerprint density at radius 3 is 1.39 bits per heavy atom. The summed E-state index contributed by atoms with van der Waals surface area (Å²) < 4.78 is 0. The van der Waals surface area contributed by atoms with Crippen LogP contribution in [0.3, 0.4) is 0 Å². The van der Waals surface area contributed by atoms with E-state index < -0.39 is 0 Å². The molecule has 0 spiro atoms. The second kappa shape index (κ2) is 14.5. The van der Waals surface area contributed by atoms with Gasteiger partial charge in [0.1, 0.15) is 0 Å². The first-order valence-corrected chi connectivity index (χ1v) is 9.50. The van der Waals surface area contributed by atoms with Crippen molar-refractivity contribution in [2.45, 2.75) is 98.8 Å². The summed E-state index contributed by atoms with van der Waals surface area (Å²) in [6.07, 6.45) is 20.1. The Balaban J connectivity index is 0.00000104. The van der Waals surface area contributed by atoms with Crippen molar-refractivity contribution < 1.29 is 0 Å². The molecule has 1 aliphatic rings. The van der Waals surface area contributed by atoms with Gasteiger partial charge in [-0.25, -0.2) is 0 Å². The Hall–Kier alpha value is -1.04. The molecule has 0 aromatic carbocycles. The third-order valence-electron chi connectivity index (χ3n) is 4.19. The SMILES string of the molecule is C1CCC1.C=C(C)CC/C=C(\C)CC/C=C(\C)CCC=C(C)C. The van der Waals surface area contributed by atoms with Gasteiger partial charge in [-0.1, -0.05) is 66.2 Å². The van der Waals surface area contributed by atoms with E-state index in [1.165, 1.54) is 73.7 Å². The summed E-state index contributed by atoms with van der Waals surface area (Å²) in [5, 5.41) is 0. The topological polar surface area (TPSA) is 0 Å². The molecule has 0 radical (unpaired) electrons. The average Bonchev–Trinajstić information content (AvgIpc) is 2.35. The van der Waals surface area contributed by atoms with Gasteiger partial charge in [0.15, 0.2) is 0 Å². The van der Waals surface area contributed by atoms with Crippen LogP contribution in [-0.4, -0.2) is 0 Å². The molecule has 0 aromatic rings. The van der Waals surface area contributed by atoms with Crippen LogP contribution in [0.4, 0.5) is 0 Å². The lowest BCUT2D eigenvalue weighted by Gasteiger charge is -2.05. The van der Waals surface area contributed by atoms with E-state index in [1.807, 2.05) is 0 Å². The number of allylic oxidation sites excluding steroid dienone is 7.